The molecule has 0 saturated carbocycles. The monoisotopic (exact) mass is 526 g/mol. The SMILES string of the molecule is [2H]C1(Cc2ccc(OCc3nc4ccc(Oc5ccc(-n6ccnc6)cc5)cc4n3C)cc2)SC(=O)NC1=O. The topological polar surface area (TPSA) is 100 Å². The Labute approximate surface area is 223 Å². The standard InChI is InChI=1S/C28H23N5O4S/c1-32-24-15-22(37-21-8-4-19(5-9-21)33-13-12-29-17-33)10-11-23(24)30-26(32)16-36-20-6-2-18(3-7-20)14-25-27(34)31-28(35)38-25/h2-13,15,17,25H,14,16H2,1H3,(H,31,34,35)/i25D. The average molecular weight is 527 g/mol. The maximum atomic E-state index is 11.9. The fourth-order valence-electron chi connectivity index (χ4n) is 4.15. The van der Waals surface area contributed by atoms with Gasteiger partial charge in [-0.05, 0) is 60.5 Å². The van der Waals surface area contributed by atoms with E-state index in [0.29, 0.717) is 23.3 Å². The Morgan fingerprint density at radius 3 is 2.50 bits per heavy atom. The molecule has 1 aliphatic heterocycles. The van der Waals surface area contributed by atoms with Crippen molar-refractivity contribution in [3.05, 3.63) is 96.8 Å². The number of thioether (sulfide) groups is 1. The van der Waals surface area contributed by atoms with Crippen LogP contribution in [0.3, 0.4) is 0 Å². The summed E-state index contributed by atoms with van der Waals surface area (Å²) in [5.41, 5.74) is 3.51. The highest BCUT2D eigenvalue weighted by molar-refractivity contribution is 8.15. The Morgan fingerprint density at radius 1 is 1.03 bits per heavy atom. The third kappa shape index (κ3) is 4.98. The molecule has 3 aromatic carbocycles. The number of nitrogens with one attached hydrogen (secondary N) is 1. The van der Waals surface area contributed by atoms with Gasteiger partial charge >= 0.3 is 0 Å². The number of aromatic nitrogens is 4. The van der Waals surface area contributed by atoms with Crippen LogP contribution in [-0.2, 0) is 24.9 Å². The largest absolute Gasteiger partial charge is 0.486 e. The van der Waals surface area contributed by atoms with Crippen LogP contribution in [0.25, 0.3) is 16.7 Å². The Kier molecular flexibility index (Phi) is 5.99. The molecule has 1 aliphatic rings. The molecule has 1 N–H and O–H groups in total. The summed E-state index contributed by atoms with van der Waals surface area (Å²) in [6.07, 6.45) is 5.50. The van der Waals surface area contributed by atoms with E-state index in [2.05, 4.69) is 10.3 Å². The van der Waals surface area contributed by atoms with Crippen LogP contribution in [0.1, 0.15) is 12.8 Å². The summed E-state index contributed by atoms with van der Waals surface area (Å²) in [6, 6.07) is 20.7. The van der Waals surface area contributed by atoms with Crippen LogP contribution < -0.4 is 14.8 Å². The predicted octanol–water partition coefficient (Wildman–Crippen LogP) is 5.02. The number of fused-ring (bicyclic) bond motifs is 1. The number of aryl methyl sites for hydroxylation is 1. The van der Waals surface area contributed by atoms with Crippen molar-refractivity contribution in [2.45, 2.75) is 18.3 Å². The average Bonchev–Trinajstić information content (AvgIpc) is 3.63. The Balaban J connectivity index is 1.10. The first-order chi connectivity index (χ1) is 18.9. The summed E-state index contributed by atoms with van der Waals surface area (Å²) < 4.78 is 24.2. The molecule has 0 radical (unpaired) electrons. The number of hydrogen-bond acceptors (Lipinski definition) is 7. The Morgan fingerprint density at radius 2 is 1.79 bits per heavy atom. The third-order valence-electron chi connectivity index (χ3n) is 6.16. The van der Waals surface area contributed by atoms with Crippen molar-refractivity contribution in [3.8, 4) is 22.9 Å². The van der Waals surface area contributed by atoms with Crippen molar-refractivity contribution < 1.29 is 20.4 Å². The maximum Gasteiger partial charge on any atom is 0.286 e. The van der Waals surface area contributed by atoms with Gasteiger partial charge in [0.05, 0.1) is 24.0 Å². The van der Waals surface area contributed by atoms with E-state index in [-0.39, 0.29) is 13.0 Å². The van der Waals surface area contributed by atoms with Gasteiger partial charge in [0.1, 0.15) is 29.7 Å². The third-order valence-corrected chi connectivity index (χ3v) is 7.02. The van der Waals surface area contributed by atoms with Crippen LogP contribution in [0, 0.1) is 0 Å². The van der Waals surface area contributed by atoms with Crippen LogP contribution >= 0.6 is 11.8 Å². The number of hydrogen-bond donors (Lipinski definition) is 1. The summed E-state index contributed by atoms with van der Waals surface area (Å²) in [5.74, 6) is 2.22. The summed E-state index contributed by atoms with van der Waals surface area (Å²) in [4.78, 5) is 32.1. The molecule has 1 unspecified atom stereocenters. The lowest BCUT2D eigenvalue weighted by Gasteiger charge is -2.09. The minimum Gasteiger partial charge on any atom is -0.486 e. The van der Waals surface area contributed by atoms with Gasteiger partial charge < -0.3 is 18.6 Å². The molecule has 5 aromatic rings. The second kappa shape index (κ2) is 10.1. The molecule has 2 amide bonds. The molecule has 190 valence electrons. The van der Waals surface area contributed by atoms with Crippen LogP contribution in [0.15, 0.2) is 85.5 Å². The lowest BCUT2D eigenvalue weighted by molar-refractivity contribution is -0.118. The van der Waals surface area contributed by atoms with Crippen LogP contribution in [0.2, 0.25) is 0 Å². The van der Waals surface area contributed by atoms with E-state index in [1.54, 1.807) is 36.8 Å². The number of ether oxygens (including phenoxy) is 2. The molecular formula is C28H23N5O4S. The number of carbonyl (C=O) groups excluding carboxylic acids is 2. The molecule has 2 aromatic heterocycles. The zero-order valence-corrected chi connectivity index (χ0v) is 21.1. The van der Waals surface area contributed by atoms with Crippen molar-refractivity contribution in [1.82, 2.24) is 24.4 Å². The van der Waals surface area contributed by atoms with E-state index < -0.39 is 16.4 Å². The molecule has 6 rings (SSSR count). The smallest absolute Gasteiger partial charge is 0.286 e. The van der Waals surface area contributed by atoms with Gasteiger partial charge in [-0.15, -0.1) is 0 Å². The lowest BCUT2D eigenvalue weighted by Crippen LogP contribution is -2.25. The molecule has 1 saturated heterocycles. The minimum absolute atomic E-state index is 0.124. The normalized spacial score (nSPS) is 17.4. The number of rotatable bonds is 8. The highest BCUT2D eigenvalue weighted by atomic mass is 32.2. The maximum absolute atomic E-state index is 11.9. The quantitative estimate of drug-likeness (QED) is 0.303. The number of amides is 2. The highest BCUT2D eigenvalue weighted by Crippen LogP contribution is 2.28. The van der Waals surface area contributed by atoms with E-state index in [9.17, 15) is 9.59 Å². The van der Waals surface area contributed by atoms with E-state index in [4.69, 9.17) is 15.8 Å². The lowest BCUT2D eigenvalue weighted by atomic mass is 10.1. The Hall–Kier alpha value is -4.57. The van der Waals surface area contributed by atoms with Gasteiger partial charge in [-0.2, -0.15) is 0 Å². The molecule has 3 heterocycles. The van der Waals surface area contributed by atoms with Crippen molar-refractivity contribution in [2.75, 3.05) is 0 Å². The van der Waals surface area contributed by atoms with E-state index in [0.717, 1.165) is 33.9 Å². The molecule has 0 bridgehead atoms. The molecule has 9 nitrogen and oxygen atoms in total. The van der Waals surface area contributed by atoms with Gasteiger partial charge in [-0.3, -0.25) is 14.9 Å². The second-order valence-electron chi connectivity index (χ2n) is 8.68. The first-order valence-electron chi connectivity index (χ1n) is 12.3. The first-order valence-corrected chi connectivity index (χ1v) is 12.7. The van der Waals surface area contributed by atoms with Crippen molar-refractivity contribution in [1.29, 1.82) is 0 Å². The molecule has 0 spiro atoms. The van der Waals surface area contributed by atoms with Gasteiger partial charge in [-0.25, -0.2) is 9.97 Å². The summed E-state index contributed by atoms with van der Waals surface area (Å²) in [6.45, 7) is 0.256. The zero-order valence-electron chi connectivity index (χ0n) is 21.3. The first kappa shape index (κ1) is 22.6. The molecule has 10 heteroatoms. The summed E-state index contributed by atoms with van der Waals surface area (Å²) in [5, 5.41) is 0.137. The molecular weight excluding hydrogens is 502 g/mol. The fourth-order valence-corrected chi connectivity index (χ4v) is 4.90. The zero-order chi connectivity index (χ0) is 27.0. The van der Waals surface area contributed by atoms with Gasteiger partial charge in [0.15, 0.2) is 0 Å². The number of imide groups is 1. The number of benzene rings is 3. The van der Waals surface area contributed by atoms with E-state index >= 15 is 0 Å². The second-order valence-corrected chi connectivity index (χ2v) is 9.75. The van der Waals surface area contributed by atoms with Crippen molar-refractivity contribution in [3.63, 3.8) is 0 Å². The van der Waals surface area contributed by atoms with Crippen LogP contribution in [-0.4, -0.2) is 35.5 Å². The Bertz CT molecular complexity index is 1670. The van der Waals surface area contributed by atoms with Crippen LogP contribution in [0.4, 0.5) is 4.79 Å². The number of nitrogens with zero attached hydrogens (tertiary/aromatic N) is 4. The molecule has 0 aliphatic carbocycles. The predicted molar refractivity (Wildman–Crippen MR) is 144 cm³/mol. The van der Waals surface area contributed by atoms with Gasteiger partial charge in [-0.1, -0.05) is 23.9 Å². The van der Waals surface area contributed by atoms with Crippen LogP contribution in [0.5, 0.6) is 17.2 Å². The van der Waals surface area contributed by atoms with Gasteiger partial charge in [0.25, 0.3) is 5.24 Å². The number of imidazole rings is 2. The minimum atomic E-state index is -1.54. The fraction of sp³-hybridized carbons (Fsp3) is 0.143. The van der Waals surface area contributed by atoms with Gasteiger partial charge in [0.2, 0.25) is 5.91 Å². The van der Waals surface area contributed by atoms with Crippen molar-refractivity contribution in [2.24, 2.45) is 7.05 Å². The molecule has 1 fully saturated rings. The summed E-state index contributed by atoms with van der Waals surface area (Å²) >= 11 is 0.700. The van der Waals surface area contributed by atoms with E-state index in [1.807, 2.05) is 64.8 Å². The highest BCUT2D eigenvalue weighted by Gasteiger charge is 2.31. The summed E-state index contributed by atoms with van der Waals surface area (Å²) in [7, 11) is 1.93. The van der Waals surface area contributed by atoms with Gasteiger partial charge in [0, 0.05) is 31.2 Å². The van der Waals surface area contributed by atoms with E-state index in [1.165, 1.54) is 0 Å². The molecule has 38 heavy (non-hydrogen) atoms. The van der Waals surface area contributed by atoms with Crippen molar-refractivity contribution >= 4 is 33.9 Å². The molecule has 1 atom stereocenters. The number of carbonyl (C=O) groups is 2.